The van der Waals surface area contributed by atoms with Gasteiger partial charge in [-0.05, 0) is 41.1 Å². The molecule has 1 heterocycles. The summed E-state index contributed by atoms with van der Waals surface area (Å²) < 4.78 is 12.9. The molecule has 0 saturated carbocycles. The molecule has 0 unspecified atom stereocenters. The highest BCUT2D eigenvalue weighted by atomic mass is 32.1. The van der Waals surface area contributed by atoms with Gasteiger partial charge < -0.3 is 21.3 Å². The summed E-state index contributed by atoms with van der Waals surface area (Å²) >= 11 is 1.42. The van der Waals surface area contributed by atoms with Crippen molar-refractivity contribution in [3.63, 3.8) is 0 Å². The smallest absolute Gasteiger partial charge is 0.252 e. The topological polar surface area (TPSA) is 113 Å². The van der Waals surface area contributed by atoms with Crippen LogP contribution in [0.5, 0.6) is 0 Å². The van der Waals surface area contributed by atoms with Gasteiger partial charge in [0.15, 0.2) is 12.2 Å². The molecular weight excluding hydrogens is 335 g/mol. The predicted octanol–water partition coefficient (Wildman–Crippen LogP) is 0.301. The Kier molecular flexibility index (Phi) is 6.02. The van der Waals surface area contributed by atoms with Crippen LogP contribution < -0.4 is 11.1 Å². The van der Waals surface area contributed by atoms with E-state index in [1.165, 1.54) is 23.5 Å². The Morgan fingerprint density at radius 2 is 1.83 bits per heavy atom. The lowest BCUT2D eigenvalue weighted by Gasteiger charge is -2.14. The van der Waals surface area contributed by atoms with E-state index >= 15 is 0 Å². The summed E-state index contributed by atoms with van der Waals surface area (Å²) in [6, 6.07) is 8.08. The molecule has 0 aliphatic rings. The van der Waals surface area contributed by atoms with Crippen LogP contribution in [0.15, 0.2) is 35.7 Å². The van der Waals surface area contributed by atoms with Gasteiger partial charge in [-0.2, -0.15) is 0 Å². The zero-order chi connectivity index (χ0) is 17.7. The van der Waals surface area contributed by atoms with Gasteiger partial charge in [-0.15, -0.1) is 11.3 Å². The van der Waals surface area contributed by atoms with Crippen molar-refractivity contribution in [2.45, 2.75) is 25.2 Å². The van der Waals surface area contributed by atoms with Gasteiger partial charge in [-0.3, -0.25) is 9.59 Å². The number of benzene rings is 1. The van der Waals surface area contributed by atoms with E-state index in [2.05, 4.69) is 5.32 Å². The molecule has 128 valence electrons. The zero-order valence-corrected chi connectivity index (χ0v) is 13.4. The number of aliphatic hydroxyl groups is 2. The van der Waals surface area contributed by atoms with Crippen molar-refractivity contribution in [3.05, 3.63) is 57.5 Å². The minimum absolute atomic E-state index is 0.148. The number of hydrogen-bond acceptors (Lipinski definition) is 5. The number of thiophene rings is 1. The van der Waals surface area contributed by atoms with Crippen LogP contribution in [0.1, 0.15) is 16.0 Å². The number of hydrogen-bond donors (Lipinski definition) is 4. The molecule has 2 rings (SSSR count). The quantitative estimate of drug-likeness (QED) is 0.574. The summed E-state index contributed by atoms with van der Waals surface area (Å²) in [5.41, 5.74) is 6.79. The van der Waals surface area contributed by atoms with Gasteiger partial charge in [0.1, 0.15) is 5.82 Å². The fraction of sp³-hybridized carbons (Fsp3) is 0.250. The number of amides is 2. The molecule has 0 aliphatic carbocycles. The Morgan fingerprint density at radius 1 is 1.17 bits per heavy atom. The molecule has 0 saturated heterocycles. The Hall–Kier alpha value is -2.29. The Balaban J connectivity index is 1.88. The highest BCUT2D eigenvalue weighted by Gasteiger charge is 2.28. The number of aliphatic hydroxyl groups excluding tert-OH is 2. The van der Waals surface area contributed by atoms with Gasteiger partial charge in [0, 0.05) is 4.88 Å². The first-order valence-electron chi connectivity index (χ1n) is 7.10. The monoisotopic (exact) mass is 352 g/mol. The van der Waals surface area contributed by atoms with Gasteiger partial charge in [-0.25, -0.2) is 4.39 Å². The molecule has 0 aliphatic heterocycles. The van der Waals surface area contributed by atoms with E-state index in [9.17, 15) is 24.2 Å². The standard InChI is InChI=1S/C16H17FN2O4S/c17-11-3-1-9(2-4-11)5-10-6-12(24-8-10)7-19-16(23)14(21)13(20)15(18)22/h1-4,6,8,13-14,20-21H,5,7H2,(H2,18,22)(H,19,23)/t13-,14-/m1/s1. The van der Waals surface area contributed by atoms with E-state index in [4.69, 9.17) is 5.73 Å². The van der Waals surface area contributed by atoms with Crippen molar-refractivity contribution in [3.8, 4) is 0 Å². The van der Waals surface area contributed by atoms with Crippen LogP contribution in [-0.4, -0.2) is 34.2 Å². The highest BCUT2D eigenvalue weighted by molar-refractivity contribution is 7.10. The van der Waals surface area contributed by atoms with E-state index in [0.717, 1.165) is 16.0 Å². The number of halogens is 1. The molecule has 6 nitrogen and oxygen atoms in total. The molecule has 0 bridgehead atoms. The average Bonchev–Trinajstić information content (AvgIpc) is 3.00. The number of nitrogens with one attached hydrogen (secondary N) is 1. The Labute approximate surface area is 141 Å². The van der Waals surface area contributed by atoms with Gasteiger partial charge in [-0.1, -0.05) is 12.1 Å². The van der Waals surface area contributed by atoms with E-state index < -0.39 is 24.0 Å². The Bertz CT molecular complexity index is 717. The van der Waals surface area contributed by atoms with Crippen molar-refractivity contribution in [2.75, 3.05) is 0 Å². The second-order valence-corrected chi connectivity index (χ2v) is 6.23. The first-order valence-corrected chi connectivity index (χ1v) is 7.98. The van der Waals surface area contributed by atoms with Crippen molar-refractivity contribution < 1.29 is 24.2 Å². The van der Waals surface area contributed by atoms with Gasteiger partial charge in [0.2, 0.25) is 5.91 Å². The molecular formula is C16H17FN2O4S. The number of carbonyl (C=O) groups excluding carboxylic acids is 2. The molecule has 24 heavy (non-hydrogen) atoms. The molecule has 1 aromatic carbocycles. The van der Waals surface area contributed by atoms with Gasteiger partial charge in [0.25, 0.3) is 5.91 Å². The maximum atomic E-state index is 12.9. The van der Waals surface area contributed by atoms with Gasteiger partial charge in [0.05, 0.1) is 6.54 Å². The summed E-state index contributed by atoms with van der Waals surface area (Å²) in [4.78, 5) is 23.2. The predicted molar refractivity (Wildman–Crippen MR) is 86.6 cm³/mol. The van der Waals surface area contributed by atoms with Crippen molar-refractivity contribution in [1.82, 2.24) is 5.32 Å². The van der Waals surface area contributed by atoms with Crippen LogP contribution in [-0.2, 0) is 22.6 Å². The van der Waals surface area contributed by atoms with E-state index in [-0.39, 0.29) is 12.4 Å². The zero-order valence-electron chi connectivity index (χ0n) is 12.6. The summed E-state index contributed by atoms with van der Waals surface area (Å²) in [6.07, 6.45) is -3.21. The van der Waals surface area contributed by atoms with E-state index in [0.29, 0.717) is 6.42 Å². The fourth-order valence-electron chi connectivity index (χ4n) is 2.03. The van der Waals surface area contributed by atoms with Crippen LogP contribution in [0, 0.1) is 5.82 Å². The molecule has 0 radical (unpaired) electrons. The summed E-state index contributed by atoms with van der Waals surface area (Å²) in [7, 11) is 0. The molecule has 0 fully saturated rings. The molecule has 5 N–H and O–H groups in total. The second-order valence-electron chi connectivity index (χ2n) is 5.23. The van der Waals surface area contributed by atoms with Crippen molar-refractivity contribution >= 4 is 23.2 Å². The third kappa shape index (κ3) is 4.85. The molecule has 2 aromatic rings. The maximum Gasteiger partial charge on any atom is 0.252 e. The first kappa shape index (κ1) is 18.1. The van der Waals surface area contributed by atoms with Crippen LogP contribution in [0.4, 0.5) is 4.39 Å². The lowest BCUT2D eigenvalue weighted by atomic mass is 10.1. The molecule has 1 aromatic heterocycles. The third-order valence-corrected chi connectivity index (χ3v) is 4.31. The molecule has 8 heteroatoms. The third-order valence-electron chi connectivity index (χ3n) is 3.33. The lowest BCUT2D eigenvalue weighted by Crippen LogP contribution is -2.47. The Morgan fingerprint density at radius 3 is 2.46 bits per heavy atom. The van der Waals surface area contributed by atoms with Crippen LogP contribution in [0.2, 0.25) is 0 Å². The number of primary amides is 1. The van der Waals surface area contributed by atoms with Crippen molar-refractivity contribution in [2.24, 2.45) is 5.73 Å². The van der Waals surface area contributed by atoms with Crippen LogP contribution in [0.25, 0.3) is 0 Å². The fourth-order valence-corrected chi connectivity index (χ4v) is 2.86. The van der Waals surface area contributed by atoms with Crippen molar-refractivity contribution in [1.29, 1.82) is 0 Å². The highest BCUT2D eigenvalue weighted by Crippen LogP contribution is 2.18. The number of rotatable bonds is 7. The second kappa shape index (κ2) is 8.00. The van der Waals surface area contributed by atoms with Gasteiger partial charge >= 0.3 is 0 Å². The molecule has 2 amide bonds. The van der Waals surface area contributed by atoms with Crippen LogP contribution >= 0.6 is 11.3 Å². The van der Waals surface area contributed by atoms with Crippen LogP contribution in [0.3, 0.4) is 0 Å². The molecule has 0 spiro atoms. The minimum Gasteiger partial charge on any atom is -0.380 e. The van der Waals surface area contributed by atoms with E-state index in [1.807, 2.05) is 11.4 Å². The summed E-state index contributed by atoms with van der Waals surface area (Å²) in [5.74, 6) is -2.34. The number of nitrogens with two attached hydrogens (primary N) is 1. The summed E-state index contributed by atoms with van der Waals surface area (Å²) in [6.45, 7) is 0.148. The van der Waals surface area contributed by atoms with E-state index in [1.54, 1.807) is 12.1 Å². The normalized spacial score (nSPS) is 13.3. The SMILES string of the molecule is NC(=O)[C@H](O)[C@@H](O)C(=O)NCc1cc(Cc2ccc(F)cc2)cs1. The minimum atomic E-state index is -1.94. The average molecular weight is 352 g/mol. The maximum absolute atomic E-state index is 12.9. The largest absolute Gasteiger partial charge is 0.380 e. The number of carbonyl (C=O) groups is 2. The first-order chi connectivity index (χ1) is 11.4. The lowest BCUT2D eigenvalue weighted by molar-refractivity contribution is -0.144. The summed E-state index contributed by atoms with van der Waals surface area (Å²) in [5, 5.41) is 23.0. The molecule has 2 atom stereocenters.